The van der Waals surface area contributed by atoms with Gasteiger partial charge in [0.1, 0.15) is 5.70 Å². The number of carbonyl (C=O) groups excluding carboxylic acids is 1. The van der Waals surface area contributed by atoms with Crippen molar-refractivity contribution in [1.29, 1.82) is 0 Å². The number of benzene rings is 1. The number of carboxylic acid groups (broad SMARTS) is 1. The number of ether oxygens (including phenoxy) is 2. The minimum absolute atomic E-state index is 0.219. The van der Waals surface area contributed by atoms with Crippen LogP contribution in [0.1, 0.15) is 25.8 Å². The number of nitrogens with one attached hydrogen (secondary N) is 1. The molecule has 120 valence electrons. The molecule has 0 fully saturated rings. The third-order valence-corrected chi connectivity index (χ3v) is 3.14. The maximum atomic E-state index is 11.1. The molecule has 6 nitrogen and oxygen atoms in total. The van der Waals surface area contributed by atoms with E-state index < -0.39 is 11.9 Å². The molecule has 0 saturated heterocycles. The molecule has 0 aliphatic heterocycles. The zero-order valence-corrected chi connectivity index (χ0v) is 14.2. The van der Waals surface area contributed by atoms with Crippen molar-refractivity contribution in [2.45, 2.75) is 20.3 Å². The van der Waals surface area contributed by atoms with Crippen LogP contribution in [0.25, 0.3) is 6.08 Å². The van der Waals surface area contributed by atoms with Gasteiger partial charge in [-0.15, -0.1) is 0 Å². The van der Waals surface area contributed by atoms with E-state index in [9.17, 15) is 9.59 Å². The molecule has 0 bridgehead atoms. The fraction of sp³-hybridized carbons (Fsp3) is 0.333. The van der Waals surface area contributed by atoms with Crippen molar-refractivity contribution in [2.24, 2.45) is 0 Å². The Labute approximate surface area is 137 Å². The number of methoxy groups -OCH3 is 1. The molecule has 0 aliphatic carbocycles. The Balaban J connectivity index is 3.22. The quantitative estimate of drug-likeness (QED) is 0.719. The van der Waals surface area contributed by atoms with Crippen LogP contribution < -0.4 is 14.8 Å². The molecule has 0 spiro atoms. The van der Waals surface area contributed by atoms with Crippen LogP contribution in [0.2, 0.25) is 0 Å². The van der Waals surface area contributed by atoms with Crippen LogP contribution in [-0.4, -0.2) is 30.7 Å². The molecule has 0 aromatic heterocycles. The first kappa shape index (κ1) is 18.0. The van der Waals surface area contributed by atoms with Crippen molar-refractivity contribution in [3.63, 3.8) is 0 Å². The molecule has 0 heterocycles. The molecule has 0 aliphatic rings. The molecule has 0 atom stereocenters. The number of carbonyl (C=O) groups is 2. The lowest BCUT2D eigenvalue weighted by molar-refractivity contribution is -0.134. The highest BCUT2D eigenvalue weighted by atomic mass is 79.9. The smallest absolute Gasteiger partial charge is 0.352 e. The highest BCUT2D eigenvalue weighted by Gasteiger charge is 2.13. The van der Waals surface area contributed by atoms with Gasteiger partial charge in [-0.25, -0.2) is 4.79 Å². The number of hydrogen-bond donors (Lipinski definition) is 2. The minimum atomic E-state index is -1.23. The van der Waals surface area contributed by atoms with Crippen LogP contribution in [0.15, 0.2) is 22.3 Å². The number of rotatable bonds is 7. The van der Waals surface area contributed by atoms with Gasteiger partial charge < -0.3 is 19.9 Å². The van der Waals surface area contributed by atoms with Gasteiger partial charge in [0.05, 0.1) is 18.2 Å². The topological polar surface area (TPSA) is 84.9 Å². The van der Waals surface area contributed by atoms with Gasteiger partial charge in [-0.2, -0.15) is 0 Å². The lowest BCUT2D eigenvalue weighted by Crippen LogP contribution is -2.24. The molecule has 2 N–H and O–H groups in total. The Hall–Kier alpha value is -2.02. The van der Waals surface area contributed by atoms with Crippen LogP contribution >= 0.6 is 15.9 Å². The van der Waals surface area contributed by atoms with Crippen LogP contribution in [0.5, 0.6) is 11.5 Å². The SMILES string of the molecule is CCCOc1c(Br)cc(/C=C(/NC(C)=O)C(=O)O)cc1OC. The van der Waals surface area contributed by atoms with Gasteiger partial charge in [0.25, 0.3) is 0 Å². The van der Waals surface area contributed by atoms with Crippen molar-refractivity contribution in [2.75, 3.05) is 13.7 Å². The van der Waals surface area contributed by atoms with E-state index in [1.165, 1.54) is 20.1 Å². The van der Waals surface area contributed by atoms with Gasteiger partial charge in [-0.1, -0.05) is 6.92 Å². The summed E-state index contributed by atoms with van der Waals surface area (Å²) in [6.45, 7) is 3.77. The van der Waals surface area contributed by atoms with Crippen molar-refractivity contribution < 1.29 is 24.2 Å². The zero-order chi connectivity index (χ0) is 16.7. The second-order valence-electron chi connectivity index (χ2n) is 4.43. The average Bonchev–Trinajstić information content (AvgIpc) is 2.44. The normalized spacial score (nSPS) is 11.0. The summed E-state index contributed by atoms with van der Waals surface area (Å²) in [5, 5.41) is 11.4. The van der Waals surface area contributed by atoms with E-state index in [0.29, 0.717) is 28.1 Å². The van der Waals surface area contributed by atoms with Gasteiger partial charge >= 0.3 is 5.97 Å². The van der Waals surface area contributed by atoms with Gasteiger partial charge in [0, 0.05) is 6.92 Å². The van der Waals surface area contributed by atoms with E-state index in [-0.39, 0.29) is 5.70 Å². The van der Waals surface area contributed by atoms with E-state index in [4.69, 9.17) is 14.6 Å². The Morgan fingerprint density at radius 2 is 2.09 bits per heavy atom. The minimum Gasteiger partial charge on any atom is -0.493 e. The first-order valence-electron chi connectivity index (χ1n) is 6.62. The van der Waals surface area contributed by atoms with E-state index in [1.807, 2.05) is 6.92 Å². The Bertz CT molecular complexity index is 598. The molecule has 1 aromatic rings. The predicted molar refractivity (Wildman–Crippen MR) is 85.9 cm³/mol. The lowest BCUT2D eigenvalue weighted by Gasteiger charge is -2.13. The second-order valence-corrected chi connectivity index (χ2v) is 5.28. The van der Waals surface area contributed by atoms with E-state index in [2.05, 4.69) is 21.2 Å². The summed E-state index contributed by atoms with van der Waals surface area (Å²) < 4.78 is 11.5. The number of amides is 1. The molecule has 22 heavy (non-hydrogen) atoms. The molecule has 7 heteroatoms. The molecular formula is C15H18BrNO5. The van der Waals surface area contributed by atoms with Crippen LogP contribution in [0, 0.1) is 0 Å². The predicted octanol–water partition coefficient (Wildman–Crippen LogP) is 2.81. The van der Waals surface area contributed by atoms with Crippen LogP contribution in [0.4, 0.5) is 0 Å². The lowest BCUT2D eigenvalue weighted by atomic mass is 10.1. The fourth-order valence-electron chi connectivity index (χ4n) is 1.67. The van der Waals surface area contributed by atoms with E-state index >= 15 is 0 Å². The van der Waals surface area contributed by atoms with Gasteiger partial charge in [-0.3, -0.25) is 4.79 Å². The summed E-state index contributed by atoms with van der Waals surface area (Å²) >= 11 is 3.38. The third kappa shape index (κ3) is 5.07. The molecule has 1 rings (SSSR count). The first-order chi connectivity index (χ1) is 10.4. The summed E-state index contributed by atoms with van der Waals surface area (Å²) in [7, 11) is 1.50. The van der Waals surface area contributed by atoms with Crippen molar-refractivity contribution in [1.82, 2.24) is 5.32 Å². The maximum absolute atomic E-state index is 11.1. The van der Waals surface area contributed by atoms with Gasteiger partial charge in [0.15, 0.2) is 11.5 Å². The number of aliphatic carboxylic acids is 1. The first-order valence-corrected chi connectivity index (χ1v) is 7.41. The summed E-state index contributed by atoms with van der Waals surface area (Å²) in [5.41, 5.74) is 0.336. The summed E-state index contributed by atoms with van der Waals surface area (Å²) in [5.74, 6) is -0.654. The molecular weight excluding hydrogens is 354 g/mol. The van der Waals surface area contributed by atoms with Crippen LogP contribution in [0.3, 0.4) is 0 Å². The number of carboxylic acids is 1. The Morgan fingerprint density at radius 1 is 1.41 bits per heavy atom. The van der Waals surface area contributed by atoms with Gasteiger partial charge in [0.2, 0.25) is 5.91 Å². The van der Waals surface area contributed by atoms with Crippen LogP contribution in [-0.2, 0) is 9.59 Å². The standard InChI is InChI=1S/C15H18BrNO5/c1-4-5-22-14-11(16)6-10(8-13(14)21-3)7-12(15(19)20)17-9(2)18/h6-8H,4-5H2,1-3H3,(H,17,18)(H,19,20)/b12-7+. The highest BCUT2D eigenvalue weighted by Crippen LogP contribution is 2.37. The summed E-state index contributed by atoms with van der Waals surface area (Å²) in [6.07, 6.45) is 2.20. The molecule has 1 amide bonds. The maximum Gasteiger partial charge on any atom is 0.352 e. The van der Waals surface area contributed by atoms with Crippen molar-refractivity contribution >= 4 is 33.9 Å². The van der Waals surface area contributed by atoms with Gasteiger partial charge in [-0.05, 0) is 46.1 Å². The number of hydrogen-bond acceptors (Lipinski definition) is 4. The summed E-state index contributed by atoms with van der Waals surface area (Å²) in [6, 6.07) is 3.33. The molecule has 0 unspecified atom stereocenters. The molecule has 1 aromatic carbocycles. The van der Waals surface area contributed by atoms with Crippen molar-refractivity contribution in [3.05, 3.63) is 27.9 Å². The largest absolute Gasteiger partial charge is 0.493 e. The second kappa shape index (κ2) is 8.43. The highest BCUT2D eigenvalue weighted by molar-refractivity contribution is 9.10. The summed E-state index contributed by atoms with van der Waals surface area (Å²) in [4.78, 5) is 22.2. The zero-order valence-electron chi connectivity index (χ0n) is 12.6. The molecule has 0 saturated carbocycles. The number of halogens is 1. The Morgan fingerprint density at radius 3 is 2.59 bits per heavy atom. The van der Waals surface area contributed by atoms with E-state index in [0.717, 1.165) is 6.42 Å². The molecule has 0 radical (unpaired) electrons. The van der Waals surface area contributed by atoms with E-state index in [1.54, 1.807) is 12.1 Å². The third-order valence-electron chi connectivity index (χ3n) is 2.55. The monoisotopic (exact) mass is 371 g/mol. The Kier molecular flexibility index (Phi) is 6.91. The van der Waals surface area contributed by atoms with Crippen molar-refractivity contribution in [3.8, 4) is 11.5 Å². The average molecular weight is 372 g/mol. The fourth-order valence-corrected chi connectivity index (χ4v) is 2.25.